The Labute approximate surface area is 158 Å². The monoisotopic (exact) mass is 460 g/mol. The number of halogens is 1. The van der Waals surface area contributed by atoms with Crippen LogP contribution in [0.25, 0.3) is 10.9 Å². The Morgan fingerprint density at radius 3 is 3.00 bits per heavy atom. The molecule has 0 spiro atoms. The molecule has 1 N–H and O–H groups in total. The van der Waals surface area contributed by atoms with E-state index in [2.05, 4.69) is 43.3 Å². The molecule has 0 radical (unpaired) electrons. The van der Waals surface area contributed by atoms with Gasteiger partial charge in [-0.2, -0.15) is 0 Å². The standard InChI is InChI=1S/C19H17IN4S/c1-12-9-20(12)22-15-7-17-16-6-13(10-21)2-3-18(16)24(19(17)8-15)11-14-4-5-25-23-14/h2-6,15,22H,1,7-9,11H2/t15-/m1/s1. The van der Waals surface area contributed by atoms with Gasteiger partial charge in [-0.25, -0.2) is 0 Å². The van der Waals surface area contributed by atoms with Crippen molar-refractivity contribution in [3.05, 3.63) is 62.3 Å². The van der Waals surface area contributed by atoms with Crippen molar-refractivity contribution < 1.29 is 0 Å². The molecule has 0 amide bonds. The summed E-state index contributed by atoms with van der Waals surface area (Å²) < 4.78 is 13.5. The zero-order chi connectivity index (χ0) is 17.0. The third-order valence-electron chi connectivity index (χ3n) is 4.93. The van der Waals surface area contributed by atoms with Crippen molar-refractivity contribution in [2.75, 3.05) is 4.43 Å². The van der Waals surface area contributed by atoms with E-state index in [-0.39, 0.29) is 0 Å². The number of hydrogen-bond donors (Lipinski definition) is 1. The molecule has 1 saturated heterocycles. The van der Waals surface area contributed by atoms with Gasteiger partial charge in [0.15, 0.2) is 0 Å². The summed E-state index contributed by atoms with van der Waals surface area (Å²) in [7, 11) is 0. The number of nitriles is 1. The van der Waals surface area contributed by atoms with E-state index in [1.807, 2.05) is 11.4 Å². The Bertz CT molecular complexity index is 1030. The fourth-order valence-corrected chi connectivity index (χ4v) is 8.07. The first-order valence-electron chi connectivity index (χ1n) is 8.26. The Kier molecular flexibility index (Phi) is 3.69. The topological polar surface area (TPSA) is 53.6 Å². The molecule has 126 valence electrons. The predicted octanol–water partition coefficient (Wildman–Crippen LogP) is 4.02. The predicted molar refractivity (Wildman–Crippen MR) is 110 cm³/mol. The number of nitrogens with zero attached hydrogens (tertiary/aromatic N) is 3. The Hall–Kier alpha value is -1.69. The molecule has 2 aliphatic rings. The van der Waals surface area contributed by atoms with Crippen LogP contribution in [-0.4, -0.2) is 19.4 Å². The van der Waals surface area contributed by atoms with Gasteiger partial charge in [-0.05, 0) is 0 Å². The van der Waals surface area contributed by atoms with E-state index in [4.69, 9.17) is 0 Å². The van der Waals surface area contributed by atoms with Crippen molar-refractivity contribution in [1.29, 1.82) is 5.26 Å². The number of rotatable bonds is 4. The van der Waals surface area contributed by atoms with Gasteiger partial charge >= 0.3 is 159 Å². The maximum atomic E-state index is 9.29. The molecule has 5 rings (SSSR count). The molecule has 0 saturated carbocycles. The maximum absolute atomic E-state index is 9.29. The van der Waals surface area contributed by atoms with Gasteiger partial charge in [0.05, 0.1) is 0 Å². The normalized spacial score (nSPS) is 20.0. The van der Waals surface area contributed by atoms with Crippen LogP contribution in [0.4, 0.5) is 0 Å². The van der Waals surface area contributed by atoms with Gasteiger partial charge in [-0.3, -0.25) is 0 Å². The first kappa shape index (κ1) is 15.6. The molecule has 25 heavy (non-hydrogen) atoms. The average molecular weight is 460 g/mol. The SMILES string of the molecule is C=C1CI1N[C@@H]1Cc2c(n(Cc3ccsn3)c3ccc(C#N)cc23)C1. The van der Waals surface area contributed by atoms with E-state index in [0.29, 0.717) is 6.04 Å². The molecule has 0 unspecified atom stereocenters. The van der Waals surface area contributed by atoms with Gasteiger partial charge in [-0.1, -0.05) is 0 Å². The second-order valence-electron chi connectivity index (χ2n) is 6.57. The van der Waals surface area contributed by atoms with Crippen molar-refractivity contribution in [3.8, 4) is 6.07 Å². The number of allylic oxidation sites excluding steroid dienone is 1. The molecule has 2 aromatic heterocycles. The molecule has 4 nitrogen and oxygen atoms in total. The molecule has 6 heteroatoms. The minimum atomic E-state index is -1.01. The first-order valence-corrected chi connectivity index (χ1v) is 12.8. The number of hydrogen-bond acceptors (Lipinski definition) is 4. The molecule has 1 atom stereocenters. The van der Waals surface area contributed by atoms with Gasteiger partial charge in [0.1, 0.15) is 0 Å². The molecular weight excluding hydrogens is 443 g/mol. The second kappa shape index (κ2) is 5.94. The minimum absolute atomic E-state index is 0.534. The number of aromatic nitrogens is 2. The molecule has 3 heterocycles. The molecule has 1 aliphatic heterocycles. The van der Waals surface area contributed by atoms with Gasteiger partial charge in [0.2, 0.25) is 0 Å². The number of alkyl halides is 1. The number of fused-ring (bicyclic) bond motifs is 3. The van der Waals surface area contributed by atoms with Gasteiger partial charge < -0.3 is 0 Å². The number of nitrogens with one attached hydrogen (secondary N) is 1. The van der Waals surface area contributed by atoms with Crippen LogP contribution < -0.4 is 3.53 Å². The van der Waals surface area contributed by atoms with Crippen LogP contribution >= 0.6 is 31.6 Å². The van der Waals surface area contributed by atoms with Crippen LogP contribution in [0, 0.1) is 11.3 Å². The van der Waals surface area contributed by atoms with Gasteiger partial charge in [0, 0.05) is 0 Å². The molecule has 0 bridgehead atoms. The van der Waals surface area contributed by atoms with E-state index in [1.165, 1.54) is 41.7 Å². The third-order valence-corrected chi connectivity index (χ3v) is 10.1. The fourth-order valence-electron chi connectivity index (χ4n) is 3.72. The molecule has 1 aromatic carbocycles. The van der Waals surface area contributed by atoms with E-state index in [1.54, 1.807) is 0 Å². The quantitative estimate of drug-likeness (QED) is 0.364. The fraction of sp³-hybridized carbons (Fsp3) is 0.263. The van der Waals surface area contributed by atoms with Crippen molar-refractivity contribution in [3.63, 3.8) is 0 Å². The Balaban J connectivity index is 1.57. The van der Waals surface area contributed by atoms with E-state index in [0.717, 1.165) is 30.6 Å². The van der Waals surface area contributed by atoms with Crippen molar-refractivity contribution in [1.82, 2.24) is 12.5 Å². The molecule has 3 aromatic rings. The second-order valence-corrected chi connectivity index (χ2v) is 12.2. The molecular formula is C19H17IN4S. The summed E-state index contributed by atoms with van der Waals surface area (Å²) in [4.78, 5) is 0. The summed E-state index contributed by atoms with van der Waals surface area (Å²) in [6, 6.07) is 11.0. The summed E-state index contributed by atoms with van der Waals surface area (Å²) in [6.07, 6.45) is 2.13. The van der Waals surface area contributed by atoms with Crippen LogP contribution in [0.3, 0.4) is 0 Å². The summed E-state index contributed by atoms with van der Waals surface area (Å²) in [5.74, 6) is 0. The van der Waals surface area contributed by atoms with Crippen molar-refractivity contribution in [2.45, 2.75) is 25.4 Å². The van der Waals surface area contributed by atoms with Crippen molar-refractivity contribution in [2.24, 2.45) is 0 Å². The van der Waals surface area contributed by atoms with Crippen LogP contribution in [0.15, 0.2) is 39.8 Å². The van der Waals surface area contributed by atoms with E-state index < -0.39 is 20.1 Å². The zero-order valence-corrected chi connectivity index (χ0v) is 16.6. The Morgan fingerprint density at radius 2 is 2.28 bits per heavy atom. The van der Waals surface area contributed by atoms with Crippen LogP contribution in [0.5, 0.6) is 0 Å². The first-order chi connectivity index (χ1) is 12.2. The van der Waals surface area contributed by atoms with Crippen LogP contribution in [-0.2, 0) is 19.4 Å². The summed E-state index contributed by atoms with van der Waals surface area (Å²) in [6.45, 7) is 4.93. The molecule has 1 fully saturated rings. The van der Waals surface area contributed by atoms with Gasteiger partial charge in [-0.15, -0.1) is 0 Å². The van der Waals surface area contributed by atoms with E-state index >= 15 is 0 Å². The van der Waals surface area contributed by atoms with Crippen LogP contribution in [0.1, 0.15) is 22.5 Å². The van der Waals surface area contributed by atoms with E-state index in [9.17, 15) is 5.26 Å². The Morgan fingerprint density at radius 1 is 1.40 bits per heavy atom. The number of benzene rings is 1. The summed E-state index contributed by atoms with van der Waals surface area (Å²) in [5, 5.41) is 12.6. The summed E-state index contributed by atoms with van der Waals surface area (Å²) >= 11 is 0.487. The van der Waals surface area contributed by atoms with Crippen LogP contribution in [0.2, 0.25) is 0 Å². The van der Waals surface area contributed by atoms with Crippen molar-refractivity contribution >= 4 is 42.5 Å². The average Bonchev–Trinajstić information content (AvgIpc) is 3.04. The summed E-state index contributed by atoms with van der Waals surface area (Å²) in [5.41, 5.74) is 5.91. The molecule has 1 aliphatic carbocycles. The van der Waals surface area contributed by atoms with Gasteiger partial charge in [0.25, 0.3) is 0 Å². The third kappa shape index (κ3) is 2.71. The zero-order valence-electron chi connectivity index (χ0n) is 13.6.